The van der Waals surface area contributed by atoms with Gasteiger partial charge in [-0.15, -0.1) is 0 Å². The average Bonchev–Trinajstić information content (AvgIpc) is 2.55. The fraction of sp³-hybridized carbons (Fsp3) is 0.100. The number of nitrogens with one attached hydrogen (secondary N) is 1. The van der Waals surface area contributed by atoms with E-state index >= 15 is 0 Å². The Hall–Kier alpha value is -3.01. The number of aryl methyl sites for hydroxylation is 1. The van der Waals surface area contributed by atoms with Crippen molar-refractivity contribution in [1.82, 2.24) is 5.32 Å². The predicted molar refractivity (Wildman–Crippen MR) is 93.4 cm³/mol. The zero-order valence-corrected chi connectivity index (χ0v) is 13.6. The molecule has 0 aliphatic rings. The molecule has 0 fully saturated rings. The molecule has 0 saturated heterocycles. The molecule has 0 aliphatic heterocycles. The smallest absolute Gasteiger partial charge is 0.258 e. The molecule has 2 aromatic carbocycles. The fourth-order valence-electron chi connectivity index (χ4n) is 2.02. The van der Waals surface area contributed by atoms with Crippen LogP contribution >= 0.6 is 0 Å². The maximum Gasteiger partial charge on any atom is 0.258 e. The van der Waals surface area contributed by atoms with Crippen LogP contribution in [0, 0.1) is 12.7 Å². The maximum absolute atomic E-state index is 13.2. The summed E-state index contributed by atoms with van der Waals surface area (Å²) in [6.07, 6.45) is 1.66. The lowest BCUT2D eigenvalue weighted by atomic mass is 10.0. The van der Waals surface area contributed by atoms with E-state index in [2.05, 4.69) is 11.9 Å². The Bertz CT molecular complexity index is 803. The van der Waals surface area contributed by atoms with Crippen LogP contribution < -0.4 is 5.32 Å². The van der Waals surface area contributed by atoms with Gasteiger partial charge in [0.05, 0.1) is 0 Å². The lowest BCUT2D eigenvalue weighted by Gasteiger charge is -2.09. The number of benzene rings is 2. The second-order valence-corrected chi connectivity index (χ2v) is 5.54. The van der Waals surface area contributed by atoms with E-state index in [1.54, 1.807) is 6.08 Å². The van der Waals surface area contributed by atoms with Crippen LogP contribution in [0.15, 0.2) is 60.7 Å². The van der Waals surface area contributed by atoms with Crippen molar-refractivity contribution in [2.45, 2.75) is 13.8 Å². The molecule has 1 N–H and O–H groups in total. The van der Waals surface area contributed by atoms with Crippen LogP contribution in [-0.4, -0.2) is 11.8 Å². The van der Waals surface area contributed by atoms with Gasteiger partial charge in [0.1, 0.15) is 5.82 Å². The first-order valence-electron chi connectivity index (χ1n) is 7.42. The Morgan fingerprint density at radius 2 is 1.58 bits per heavy atom. The molecule has 0 aromatic heterocycles. The number of hydrogen-bond acceptors (Lipinski definition) is 2. The second kappa shape index (κ2) is 7.51. The molecule has 0 bridgehead atoms. The molecule has 24 heavy (non-hydrogen) atoms. The molecule has 0 aliphatic carbocycles. The third-order valence-corrected chi connectivity index (χ3v) is 3.40. The Labute approximate surface area is 140 Å². The summed E-state index contributed by atoms with van der Waals surface area (Å²) in [6, 6.07) is 13.1. The Kier molecular flexibility index (Phi) is 5.42. The van der Waals surface area contributed by atoms with Gasteiger partial charge < -0.3 is 0 Å². The van der Waals surface area contributed by atoms with E-state index in [1.165, 1.54) is 31.2 Å². The summed E-state index contributed by atoms with van der Waals surface area (Å²) in [5.41, 5.74) is 2.92. The number of rotatable bonds is 4. The van der Waals surface area contributed by atoms with Gasteiger partial charge in [-0.05, 0) is 43.2 Å². The number of hydrogen-bond donors (Lipinski definition) is 1. The fourth-order valence-corrected chi connectivity index (χ4v) is 2.02. The van der Waals surface area contributed by atoms with Crippen molar-refractivity contribution in [1.29, 1.82) is 0 Å². The van der Waals surface area contributed by atoms with E-state index in [1.807, 2.05) is 31.2 Å². The van der Waals surface area contributed by atoms with Crippen LogP contribution in [0.4, 0.5) is 4.39 Å². The van der Waals surface area contributed by atoms with E-state index < -0.39 is 17.6 Å². The summed E-state index contributed by atoms with van der Waals surface area (Å²) in [4.78, 5) is 24.2. The highest BCUT2D eigenvalue weighted by Gasteiger charge is 2.15. The first-order chi connectivity index (χ1) is 11.4. The number of carbonyl (C=O) groups excluding carboxylic acids is 2. The van der Waals surface area contributed by atoms with E-state index in [0.29, 0.717) is 5.56 Å². The third-order valence-electron chi connectivity index (χ3n) is 3.40. The molecule has 0 spiro atoms. The normalized spacial score (nSPS) is 11.0. The van der Waals surface area contributed by atoms with Gasteiger partial charge in [0.2, 0.25) is 0 Å². The highest BCUT2D eigenvalue weighted by molar-refractivity contribution is 6.28. The lowest BCUT2D eigenvalue weighted by molar-refractivity contribution is -0.125. The van der Waals surface area contributed by atoms with Gasteiger partial charge in [0.25, 0.3) is 11.8 Å². The van der Waals surface area contributed by atoms with Crippen molar-refractivity contribution in [3.05, 3.63) is 83.2 Å². The van der Waals surface area contributed by atoms with Gasteiger partial charge in [-0.3, -0.25) is 14.9 Å². The van der Waals surface area contributed by atoms with Crippen LogP contribution in [0.25, 0.3) is 11.6 Å². The molecule has 2 aromatic rings. The van der Waals surface area contributed by atoms with Gasteiger partial charge in [-0.2, -0.15) is 0 Å². The van der Waals surface area contributed by atoms with Crippen molar-refractivity contribution in [2.75, 3.05) is 0 Å². The number of amides is 2. The first kappa shape index (κ1) is 17.3. The standard InChI is InChI=1S/C20H18FNO2/c1-13(2)19(23)22-20(24)18(16-8-10-17(21)11-9-16)12-15-6-4-14(3)5-7-15/h4-12H,1H2,2-3H3,(H,22,23,24)/b18-12+. The largest absolute Gasteiger partial charge is 0.288 e. The highest BCUT2D eigenvalue weighted by atomic mass is 19.1. The predicted octanol–water partition coefficient (Wildman–Crippen LogP) is 3.89. The van der Waals surface area contributed by atoms with E-state index in [4.69, 9.17) is 0 Å². The van der Waals surface area contributed by atoms with Gasteiger partial charge >= 0.3 is 0 Å². The lowest BCUT2D eigenvalue weighted by Crippen LogP contribution is -2.31. The number of carbonyl (C=O) groups is 2. The molecule has 3 nitrogen and oxygen atoms in total. The van der Waals surface area contributed by atoms with Crippen molar-refractivity contribution in [2.24, 2.45) is 0 Å². The molecular formula is C20H18FNO2. The van der Waals surface area contributed by atoms with Crippen molar-refractivity contribution in [3.8, 4) is 0 Å². The Morgan fingerprint density at radius 1 is 1.00 bits per heavy atom. The van der Waals surface area contributed by atoms with Gasteiger partial charge in [0, 0.05) is 11.1 Å². The number of imide groups is 1. The molecule has 122 valence electrons. The minimum absolute atomic E-state index is 0.233. The monoisotopic (exact) mass is 323 g/mol. The molecule has 0 unspecified atom stereocenters. The molecule has 2 amide bonds. The maximum atomic E-state index is 13.2. The third kappa shape index (κ3) is 4.49. The van der Waals surface area contributed by atoms with Crippen molar-refractivity contribution in [3.63, 3.8) is 0 Å². The van der Waals surface area contributed by atoms with Crippen molar-refractivity contribution < 1.29 is 14.0 Å². The molecule has 0 saturated carbocycles. The summed E-state index contributed by atoms with van der Waals surface area (Å²) in [7, 11) is 0. The van der Waals surface area contributed by atoms with Crippen LogP contribution in [0.5, 0.6) is 0 Å². The first-order valence-corrected chi connectivity index (χ1v) is 7.42. The van der Waals surface area contributed by atoms with Gasteiger partial charge in [0.15, 0.2) is 0 Å². The van der Waals surface area contributed by atoms with Gasteiger partial charge in [-0.1, -0.05) is 48.5 Å². The minimum Gasteiger partial charge on any atom is -0.288 e. The summed E-state index contributed by atoms with van der Waals surface area (Å²) >= 11 is 0. The van der Waals surface area contributed by atoms with Crippen molar-refractivity contribution >= 4 is 23.5 Å². The molecular weight excluding hydrogens is 305 g/mol. The quantitative estimate of drug-likeness (QED) is 0.685. The van der Waals surface area contributed by atoms with Crippen LogP contribution in [0.3, 0.4) is 0 Å². The summed E-state index contributed by atoms with van der Waals surface area (Å²) in [5, 5.41) is 2.28. The average molecular weight is 323 g/mol. The molecule has 4 heteroatoms. The second-order valence-electron chi connectivity index (χ2n) is 5.54. The zero-order chi connectivity index (χ0) is 17.7. The summed E-state index contributed by atoms with van der Waals surface area (Å²) in [6.45, 7) is 6.99. The zero-order valence-electron chi connectivity index (χ0n) is 13.6. The van der Waals surface area contributed by atoms with E-state index in [-0.39, 0.29) is 11.1 Å². The topological polar surface area (TPSA) is 46.2 Å². The SMILES string of the molecule is C=C(C)C(=O)NC(=O)/C(=C/c1ccc(C)cc1)c1ccc(F)cc1. The summed E-state index contributed by atoms with van der Waals surface area (Å²) in [5.74, 6) is -1.50. The van der Waals surface area contributed by atoms with Crippen LogP contribution in [0.2, 0.25) is 0 Å². The van der Waals surface area contributed by atoms with Crippen LogP contribution in [0.1, 0.15) is 23.6 Å². The Balaban J connectivity index is 2.42. The Morgan fingerprint density at radius 3 is 2.12 bits per heavy atom. The number of halogens is 1. The molecule has 0 heterocycles. The van der Waals surface area contributed by atoms with E-state index in [0.717, 1.165) is 11.1 Å². The summed E-state index contributed by atoms with van der Waals surface area (Å²) < 4.78 is 13.2. The minimum atomic E-state index is -0.560. The van der Waals surface area contributed by atoms with Crippen LogP contribution in [-0.2, 0) is 9.59 Å². The molecule has 2 rings (SSSR count). The van der Waals surface area contributed by atoms with E-state index in [9.17, 15) is 14.0 Å². The molecule has 0 atom stereocenters. The molecule has 0 radical (unpaired) electrons. The van der Waals surface area contributed by atoms with Gasteiger partial charge in [-0.25, -0.2) is 4.39 Å². The highest BCUT2D eigenvalue weighted by Crippen LogP contribution is 2.20.